The van der Waals surface area contributed by atoms with E-state index in [2.05, 4.69) is 5.16 Å². The van der Waals surface area contributed by atoms with Crippen molar-refractivity contribution in [2.24, 2.45) is 0 Å². The molecule has 0 aliphatic carbocycles. The summed E-state index contributed by atoms with van der Waals surface area (Å²) in [4.78, 5) is 0. The number of hydrogen-bond donors (Lipinski definition) is 0. The molecule has 1 aromatic heterocycles. The molecule has 0 amide bonds. The molecule has 3 nitrogen and oxygen atoms in total. The summed E-state index contributed by atoms with van der Waals surface area (Å²) in [6, 6.07) is 17.2. The van der Waals surface area contributed by atoms with Gasteiger partial charge >= 0.3 is 0 Å². The van der Waals surface area contributed by atoms with E-state index in [4.69, 9.17) is 16.1 Å². The second-order valence-corrected chi connectivity index (χ2v) is 5.19. The highest BCUT2D eigenvalue weighted by Crippen LogP contribution is 2.38. The molecule has 1 heterocycles. The van der Waals surface area contributed by atoms with Gasteiger partial charge in [-0.15, -0.1) is 0 Å². The van der Waals surface area contributed by atoms with Crippen LogP contribution < -0.4 is 0 Å². The molecule has 0 aliphatic heterocycles. The summed E-state index contributed by atoms with van der Waals surface area (Å²) in [5, 5.41) is 18.7. The summed E-state index contributed by atoms with van der Waals surface area (Å²) in [6.07, 6.45) is 0. The van der Waals surface area contributed by atoms with E-state index in [9.17, 15) is 5.11 Å². The van der Waals surface area contributed by atoms with Gasteiger partial charge in [0.2, 0.25) is 5.75 Å². The van der Waals surface area contributed by atoms with Crippen LogP contribution in [0.25, 0.3) is 33.0 Å². The number of hydrogen-bond acceptors (Lipinski definition) is 2. The molecule has 0 unspecified atom stereocenters. The normalized spacial score (nSPS) is 11.3. The van der Waals surface area contributed by atoms with Crippen molar-refractivity contribution >= 4 is 33.3 Å². The van der Waals surface area contributed by atoms with Gasteiger partial charge in [-0.3, -0.25) is 5.11 Å². The van der Waals surface area contributed by atoms with Crippen molar-refractivity contribution in [3.63, 3.8) is 0 Å². The average molecular weight is 295 g/mol. The van der Waals surface area contributed by atoms with E-state index >= 15 is 0 Å². The Hall–Kier alpha value is -2.52. The van der Waals surface area contributed by atoms with Crippen LogP contribution in [-0.2, 0) is 5.11 Å². The molecule has 0 N–H and O–H groups in total. The molecule has 21 heavy (non-hydrogen) atoms. The van der Waals surface area contributed by atoms with Gasteiger partial charge in [-0.25, -0.2) is 0 Å². The second-order valence-electron chi connectivity index (χ2n) is 4.81. The molecule has 4 heteroatoms. The summed E-state index contributed by atoms with van der Waals surface area (Å²) in [5.74, 6) is -0.259. The zero-order chi connectivity index (χ0) is 14.4. The summed E-state index contributed by atoms with van der Waals surface area (Å²) in [5.41, 5.74) is 2.00. The molecule has 4 aromatic rings. The standard InChI is InChI=1S/C17H9ClNO2/c18-15-14(20)9-8-13-16(19-21-17(13)15)12-7-3-5-10-4-1-2-6-11(10)12/h1-9H. The first-order valence-corrected chi connectivity index (χ1v) is 6.86. The molecule has 0 saturated carbocycles. The van der Waals surface area contributed by atoms with E-state index in [1.165, 1.54) is 6.07 Å². The first kappa shape index (κ1) is 12.2. The van der Waals surface area contributed by atoms with Crippen molar-refractivity contribution in [1.82, 2.24) is 5.16 Å². The van der Waals surface area contributed by atoms with Crippen molar-refractivity contribution in [1.29, 1.82) is 0 Å². The molecule has 3 aromatic carbocycles. The van der Waals surface area contributed by atoms with Crippen LogP contribution >= 0.6 is 11.6 Å². The van der Waals surface area contributed by atoms with E-state index in [1.807, 2.05) is 42.5 Å². The third-order valence-electron chi connectivity index (χ3n) is 3.59. The molecule has 1 radical (unpaired) electrons. The van der Waals surface area contributed by atoms with Crippen LogP contribution in [0.1, 0.15) is 0 Å². The van der Waals surface area contributed by atoms with Gasteiger partial charge in [0.05, 0.1) is 5.39 Å². The smallest absolute Gasteiger partial charge is 0.201 e. The minimum Gasteiger partial charge on any atom is -0.354 e. The van der Waals surface area contributed by atoms with Crippen LogP contribution in [0.15, 0.2) is 59.1 Å². The molecule has 0 bridgehead atoms. The van der Waals surface area contributed by atoms with Crippen LogP contribution in [0.4, 0.5) is 0 Å². The molecular weight excluding hydrogens is 286 g/mol. The molecule has 101 valence electrons. The largest absolute Gasteiger partial charge is 0.354 e. The number of aromatic nitrogens is 1. The number of nitrogens with zero attached hydrogens (tertiary/aromatic N) is 1. The van der Waals surface area contributed by atoms with Crippen molar-refractivity contribution in [3.05, 3.63) is 59.6 Å². The van der Waals surface area contributed by atoms with E-state index in [1.54, 1.807) is 6.07 Å². The van der Waals surface area contributed by atoms with Crippen molar-refractivity contribution in [2.75, 3.05) is 0 Å². The fourth-order valence-electron chi connectivity index (χ4n) is 2.58. The van der Waals surface area contributed by atoms with Gasteiger partial charge in [-0.1, -0.05) is 59.2 Å². The van der Waals surface area contributed by atoms with Crippen LogP contribution in [0, 0.1) is 0 Å². The van der Waals surface area contributed by atoms with Gasteiger partial charge in [-0.2, -0.15) is 0 Å². The lowest BCUT2D eigenvalue weighted by molar-refractivity contribution is 0.354. The molecular formula is C17H9ClNO2. The number of fused-ring (bicyclic) bond motifs is 2. The number of benzene rings is 3. The Bertz CT molecular complexity index is 970. The van der Waals surface area contributed by atoms with E-state index in [0.717, 1.165) is 21.7 Å². The van der Waals surface area contributed by atoms with E-state index in [0.29, 0.717) is 11.3 Å². The maximum atomic E-state index is 11.6. The van der Waals surface area contributed by atoms with Gasteiger partial charge in [0.1, 0.15) is 10.7 Å². The average Bonchev–Trinajstić information content (AvgIpc) is 2.95. The molecule has 0 atom stereocenters. The molecule has 0 fully saturated rings. The lowest BCUT2D eigenvalue weighted by Gasteiger charge is -2.03. The lowest BCUT2D eigenvalue weighted by atomic mass is 10.0. The highest BCUT2D eigenvalue weighted by molar-refractivity contribution is 6.36. The molecule has 4 rings (SSSR count). The minimum absolute atomic E-state index is 0.0755. The van der Waals surface area contributed by atoms with Crippen molar-refractivity contribution < 1.29 is 9.63 Å². The van der Waals surface area contributed by atoms with Gasteiger partial charge < -0.3 is 4.52 Å². The SMILES string of the molecule is [O]c1ccc2c(-c3cccc4ccccc34)noc2c1Cl. The maximum absolute atomic E-state index is 11.6. The Morgan fingerprint density at radius 2 is 1.71 bits per heavy atom. The van der Waals surface area contributed by atoms with Crippen molar-refractivity contribution in [3.8, 4) is 17.0 Å². The zero-order valence-corrected chi connectivity index (χ0v) is 11.6. The summed E-state index contributed by atoms with van der Waals surface area (Å²) < 4.78 is 5.28. The highest BCUT2D eigenvalue weighted by atomic mass is 35.5. The lowest BCUT2D eigenvalue weighted by Crippen LogP contribution is -1.81. The Kier molecular flexibility index (Phi) is 2.62. The predicted molar refractivity (Wildman–Crippen MR) is 82.1 cm³/mol. The van der Waals surface area contributed by atoms with E-state index < -0.39 is 0 Å². The molecule has 0 spiro atoms. The Morgan fingerprint density at radius 1 is 0.905 bits per heavy atom. The second kappa shape index (κ2) is 4.50. The topological polar surface area (TPSA) is 45.9 Å². The third kappa shape index (κ3) is 1.78. The van der Waals surface area contributed by atoms with Gasteiger partial charge in [0.25, 0.3) is 0 Å². The first-order valence-electron chi connectivity index (χ1n) is 6.49. The van der Waals surface area contributed by atoms with Crippen LogP contribution in [0.5, 0.6) is 5.75 Å². The van der Waals surface area contributed by atoms with Crippen LogP contribution in [0.2, 0.25) is 5.02 Å². The van der Waals surface area contributed by atoms with E-state index in [-0.39, 0.29) is 10.8 Å². The summed E-state index contributed by atoms with van der Waals surface area (Å²) in [7, 11) is 0. The fourth-order valence-corrected chi connectivity index (χ4v) is 2.78. The maximum Gasteiger partial charge on any atom is 0.201 e. The number of rotatable bonds is 1. The Balaban J connectivity index is 2.08. The summed E-state index contributed by atoms with van der Waals surface area (Å²) in [6.45, 7) is 0. The van der Waals surface area contributed by atoms with Gasteiger partial charge in [0.15, 0.2) is 5.58 Å². The zero-order valence-electron chi connectivity index (χ0n) is 10.8. The highest BCUT2D eigenvalue weighted by Gasteiger charge is 2.17. The number of halogens is 1. The monoisotopic (exact) mass is 294 g/mol. The molecule has 0 saturated heterocycles. The van der Waals surface area contributed by atoms with Crippen LogP contribution in [0.3, 0.4) is 0 Å². The quantitative estimate of drug-likeness (QED) is 0.469. The molecule has 0 aliphatic rings. The predicted octanol–water partition coefficient (Wildman–Crippen LogP) is 5.45. The first-order chi connectivity index (χ1) is 10.3. The Labute approximate surface area is 125 Å². The minimum atomic E-state index is -0.259. The third-order valence-corrected chi connectivity index (χ3v) is 3.95. The Morgan fingerprint density at radius 3 is 2.62 bits per heavy atom. The fraction of sp³-hybridized carbons (Fsp3) is 0. The van der Waals surface area contributed by atoms with Crippen molar-refractivity contribution in [2.45, 2.75) is 0 Å². The van der Waals surface area contributed by atoms with Crippen LogP contribution in [-0.4, -0.2) is 5.16 Å². The summed E-state index contributed by atoms with van der Waals surface area (Å²) >= 11 is 6.00. The van der Waals surface area contributed by atoms with Gasteiger partial charge in [0, 0.05) is 5.56 Å². The van der Waals surface area contributed by atoms with Gasteiger partial charge in [-0.05, 0) is 22.9 Å².